The first-order valence-corrected chi connectivity index (χ1v) is 11.0. The van der Waals surface area contributed by atoms with E-state index in [9.17, 15) is 4.79 Å². The number of ether oxygens (including phenoxy) is 1. The summed E-state index contributed by atoms with van der Waals surface area (Å²) >= 11 is 3.53. The van der Waals surface area contributed by atoms with E-state index in [4.69, 9.17) is 9.72 Å². The minimum absolute atomic E-state index is 0.361. The fourth-order valence-electron chi connectivity index (χ4n) is 3.39. The molecule has 0 aliphatic heterocycles. The van der Waals surface area contributed by atoms with Gasteiger partial charge in [-0.25, -0.2) is 9.78 Å². The number of benzene rings is 1. The number of pyridine rings is 1. The Morgan fingerprint density at radius 1 is 1.24 bits per heavy atom. The number of carbonyl (C=O) groups is 1. The Balaban J connectivity index is 1.74. The van der Waals surface area contributed by atoms with Gasteiger partial charge >= 0.3 is 6.09 Å². The van der Waals surface area contributed by atoms with Crippen molar-refractivity contribution in [1.82, 2.24) is 19.9 Å². The number of nitrogens with one attached hydrogen (secondary N) is 1. The number of alkyl carbamates (subject to hydrolysis) is 1. The quantitative estimate of drug-likeness (QED) is 0.465. The summed E-state index contributed by atoms with van der Waals surface area (Å²) in [5, 5.41) is 3.95. The van der Waals surface area contributed by atoms with E-state index in [0.717, 1.165) is 64.5 Å². The SMILES string of the molecule is CCCc1nc2cnc3cc(Br)ccc3c2n1CCCCNC(=O)OC(C)(C)C. The van der Waals surface area contributed by atoms with E-state index >= 15 is 0 Å². The van der Waals surface area contributed by atoms with Crippen LogP contribution in [0.2, 0.25) is 0 Å². The Labute approximate surface area is 180 Å². The minimum atomic E-state index is -0.473. The summed E-state index contributed by atoms with van der Waals surface area (Å²) in [6.07, 6.45) is 5.30. The van der Waals surface area contributed by atoms with Gasteiger partial charge in [-0.05, 0) is 58.2 Å². The molecule has 7 heteroatoms. The summed E-state index contributed by atoms with van der Waals surface area (Å²) in [5.74, 6) is 1.10. The molecule has 0 aliphatic carbocycles. The van der Waals surface area contributed by atoms with Crippen LogP contribution in [0.4, 0.5) is 4.79 Å². The minimum Gasteiger partial charge on any atom is -0.444 e. The smallest absolute Gasteiger partial charge is 0.407 e. The molecule has 29 heavy (non-hydrogen) atoms. The maximum atomic E-state index is 11.8. The number of halogens is 1. The Bertz CT molecular complexity index is 1010. The summed E-state index contributed by atoms with van der Waals surface area (Å²) in [6.45, 7) is 9.22. The average Bonchev–Trinajstić information content (AvgIpc) is 2.98. The van der Waals surface area contributed by atoms with Crippen LogP contribution in [-0.4, -0.2) is 32.8 Å². The molecule has 0 aliphatic rings. The second-order valence-electron chi connectivity index (χ2n) is 8.22. The normalized spacial score (nSPS) is 11.9. The third-order valence-corrected chi connectivity index (χ3v) is 5.06. The lowest BCUT2D eigenvalue weighted by atomic mass is 10.2. The number of hydrogen-bond acceptors (Lipinski definition) is 4. The van der Waals surface area contributed by atoms with Gasteiger partial charge in [0, 0.05) is 29.4 Å². The fraction of sp³-hybridized carbons (Fsp3) is 0.500. The lowest BCUT2D eigenvalue weighted by molar-refractivity contribution is 0.0527. The van der Waals surface area contributed by atoms with Crippen molar-refractivity contribution in [3.05, 3.63) is 34.7 Å². The maximum absolute atomic E-state index is 11.8. The second kappa shape index (κ2) is 9.11. The van der Waals surface area contributed by atoms with Crippen molar-refractivity contribution in [1.29, 1.82) is 0 Å². The van der Waals surface area contributed by atoms with E-state index < -0.39 is 5.60 Å². The number of carbonyl (C=O) groups excluding carboxylic acids is 1. The van der Waals surface area contributed by atoms with Crippen molar-refractivity contribution >= 4 is 44.0 Å². The summed E-state index contributed by atoms with van der Waals surface area (Å²) in [5.41, 5.74) is 2.57. The molecule has 1 N–H and O–H groups in total. The Kier molecular flexibility index (Phi) is 6.77. The van der Waals surface area contributed by atoms with Gasteiger partial charge in [0.1, 0.15) is 16.9 Å². The van der Waals surface area contributed by atoms with Crippen molar-refractivity contribution in [3.8, 4) is 0 Å². The highest BCUT2D eigenvalue weighted by atomic mass is 79.9. The molecular formula is C22H29BrN4O2. The van der Waals surface area contributed by atoms with Crippen LogP contribution in [0.3, 0.4) is 0 Å². The highest BCUT2D eigenvalue weighted by molar-refractivity contribution is 9.10. The van der Waals surface area contributed by atoms with Gasteiger partial charge < -0.3 is 14.6 Å². The van der Waals surface area contributed by atoms with Crippen molar-refractivity contribution in [3.63, 3.8) is 0 Å². The van der Waals surface area contributed by atoms with Crippen LogP contribution in [0, 0.1) is 0 Å². The van der Waals surface area contributed by atoms with Crippen LogP contribution in [0.25, 0.3) is 21.9 Å². The zero-order chi connectivity index (χ0) is 21.0. The number of aryl methyl sites for hydroxylation is 2. The standard InChI is InChI=1S/C22H29BrN4O2/c1-5-8-19-26-18-14-25-17-13-15(23)9-10-16(17)20(18)27(19)12-7-6-11-24-21(28)29-22(2,3)4/h9-10,13-14H,5-8,11-12H2,1-4H3,(H,24,28). The van der Waals surface area contributed by atoms with E-state index in [-0.39, 0.29) is 6.09 Å². The van der Waals surface area contributed by atoms with Crippen LogP contribution in [0.15, 0.2) is 28.9 Å². The Morgan fingerprint density at radius 3 is 2.76 bits per heavy atom. The molecule has 0 unspecified atom stereocenters. The van der Waals surface area contributed by atoms with Crippen molar-refractivity contribution in [2.75, 3.05) is 6.54 Å². The number of unbranched alkanes of at least 4 members (excludes halogenated alkanes) is 1. The zero-order valence-electron chi connectivity index (χ0n) is 17.6. The molecule has 0 radical (unpaired) electrons. The van der Waals surface area contributed by atoms with Gasteiger partial charge in [-0.15, -0.1) is 0 Å². The van der Waals surface area contributed by atoms with Gasteiger partial charge in [-0.3, -0.25) is 4.98 Å². The number of rotatable bonds is 7. The van der Waals surface area contributed by atoms with Crippen LogP contribution in [0.1, 0.15) is 52.8 Å². The zero-order valence-corrected chi connectivity index (χ0v) is 19.2. The van der Waals surface area contributed by atoms with Crippen molar-refractivity contribution in [2.24, 2.45) is 0 Å². The van der Waals surface area contributed by atoms with Crippen LogP contribution >= 0.6 is 15.9 Å². The predicted molar refractivity (Wildman–Crippen MR) is 120 cm³/mol. The van der Waals surface area contributed by atoms with Crippen LogP contribution in [0.5, 0.6) is 0 Å². The molecule has 3 rings (SSSR count). The van der Waals surface area contributed by atoms with E-state index in [1.807, 2.05) is 39.1 Å². The number of imidazole rings is 1. The van der Waals surface area contributed by atoms with E-state index in [2.05, 4.69) is 43.8 Å². The molecule has 0 fully saturated rings. The van der Waals surface area contributed by atoms with E-state index in [0.29, 0.717) is 6.54 Å². The van der Waals surface area contributed by atoms with E-state index in [1.54, 1.807) is 0 Å². The van der Waals surface area contributed by atoms with Gasteiger partial charge in [0.15, 0.2) is 0 Å². The first-order chi connectivity index (χ1) is 13.8. The molecule has 2 heterocycles. The molecule has 6 nitrogen and oxygen atoms in total. The van der Waals surface area contributed by atoms with Crippen molar-refractivity contribution in [2.45, 2.75) is 65.5 Å². The third-order valence-electron chi connectivity index (χ3n) is 4.56. The topological polar surface area (TPSA) is 69.0 Å². The molecule has 1 amide bonds. The van der Waals surface area contributed by atoms with Gasteiger partial charge in [0.05, 0.1) is 17.2 Å². The number of nitrogens with zero attached hydrogens (tertiary/aromatic N) is 3. The summed E-state index contributed by atoms with van der Waals surface area (Å²) in [4.78, 5) is 21.2. The van der Waals surface area contributed by atoms with Gasteiger partial charge in [0.25, 0.3) is 0 Å². The highest BCUT2D eigenvalue weighted by Gasteiger charge is 2.16. The molecule has 0 saturated carbocycles. The lowest BCUT2D eigenvalue weighted by Gasteiger charge is -2.19. The highest BCUT2D eigenvalue weighted by Crippen LogP contribution is 2.27. The number of aromatic nitrogens is 3. The number of amides is 1. The van der Waals surface area contributed by atoms with E-state index in [1.165, 1.54) is 0 Å². The first kappa shape index (κ1) is 21.6. The number of hydrogen-bond donors (Lipinski definition) is 1. The maximum Gasteiger partial charge on any atom is 0.407 e. The Hall–Kier alpha value is -2.15. The lowest BCUT2D eigenvalue weighted by Crippen LogP contribution is -2.33. The Morgan fingerprint density at radius 2 is 2.03 bits per heavy atom. The monoisotopic (exact) mass is 460 g/mol. The third kappa shape index (κ3) is 5.47. The molecule has 3 aromatic rings. The molecule has 2 aromatic heterocycles. The summed E-state index contributed by atoms with van der Waals surface area (Å²) < 4.78 is 8.62. The summed E-state index contributed by atoms with van der Waals surface area (Å²) in [7, 11) is 0. The van der Waals surface area contributed by atoms with Crippen LogP contribution in [-0.2, 0) is 17.7 Å². The molecular weight excluding hydrogens is 432 g/mol. The first-order valence-electron chi connectivity index (χ1n) is 10.2. The largest absolute Gasteiger partial charge is 0.444 e. The van der Waals surface area contributed by atoms with Crippen molar-refractivity contribution < 1.29 is 9.53 Å². The fourth-order valence-corrected chi connectivity index (χ4v) is 3.74. The molecule has 156 valence electrons. The molecule has 0 bridgehead atoms. The summed E-state index contributed by atoms with van der Waals surface area (Å²) in [6, 6.07) is 6.19. The van der Waals surface area contributed by atoms with Gasteiger partial charge in [0.2, 0.25) is 0 Å². The average molecular weight is 461 g/mol. The molecule has 1 aromatic carbocycles. The molecule has 0 atom stereocenters. The predicted octanol–water partition coefficient (Wildman–Crippen LogP) is 5.60. The van der Waals surface area contributed by atoms with Crippen LogP contribution < -0.4 is 5.32 Å². The number of fused-ring (bicyclic) bond motifs is 3. The second-order valence-corrected chi connectivity index (χ2v) is 9.13. The molecule has 0 saturated heterocycles. The molecule has 0 spiro atoms. The van der Waals surface area contributed by atoms with Gasteiger partial charge in [-0.2, -0.15) is 0 Å². The van der Waals surface area contributed by atoms with Gasteiger partial charge in [-0.1, -0.05) is 22.9 Å².